The fourth-order valence-electron chi connectivity index (χ4n) is 3.39. The van der Waals surface area contributed by atoms with Gasteiger partial charge in [0.25, 0.3) is 0 Å². The van der Waals surface area contributed by atoms with E-state index in [2.05, 4.69) is 10.1 Å². The highest BCUT2D eigenvalue weighted by Crippen LogP contribution is 2.40. The highest BCUT2D eigenvalue weighted by atomic mass is 19.4. The van der Waals surface area contributed by atoms with Gasteiger partial charge in [0.15, 0.2) is 5.72 Å². The zero-order chi connectivity index (χ0) is 19.2. The third-order valence-corrected chi connectivity index (χ3v) is 4.47. The molecule has 3 rings (SSSR count). The topological polar surface area (TPSA) is 47.6 Å². The van der Waals surface area contributed by atoms with E-state index in [0.717, 1.165) is 24.3 Å². The minimum absolute atomic E-state index is 0.0215. The highest BCUT2D eigenvalue weighted by molar-refractivity contribution is 5.76. The van der Waals surface area contributed by atoms with Crippen molar-refractivity contribution in [3.8, 4) is 5.75 Å². The van der Waals surface area contributed by atoms with Gasteiger partial charge in [0.1, 0.15) is 11.9 Å². The fourth-order valence-corrected chi connectivity index (χ4v) is 3.39. The van der Waals surface area contributed by atoms with Gasteiger partial charge in [-0.05, 0) is 37.1 Å². The summed E-state index contributed by atoms with van der Waals surface area (Å²) in [6.45, 7) is 0. The molecule has 3 unspecified atom stereocenters. The van der Waals surface area contributed by atoms with Crippen LogP contribution in [0.25, 0.3) is 0 Å². The van der Waals surface area contributed by atoms with Crippen molar-refractivity contribution in [2.75, 3.05) is 0 Å². The van der Waals surface area contributed by atoms with E-state index in [9.17, 15) is 31.1 Å². The molecule has 0 amide bonds. The Bertz CT molecular complexity index is 672. The van der Waals surface area contributed by atoms with Crippen molar-refractivity contribution in [1.82, 2.24) is 5.32 Å². The number of nitrogens with one attached hydrogen (secondary N) is 1. The van der Waals surface area contributed by atoms with Crippen LogP contribution >= 0.6 is 0 Å². The van der Waals surface area contributed by atoms with E-state index in [1.165, 1.54) is 0 Å². The Morgan fingerprint density at radius 3 is 2.35 bits per heavy atom. The number of hydrogen-bond acceptors (Lipinski definition) is 4. The summed E-state index contributed by atoms with van der Waals surface area (Å²) >= 11 is 0. The van der Waals surface area contributed by atoms with Gasteiger partial charge in [0.2, 0.25) is 0 Å². The molecule has 3 atom stereocenters. The van der Waals surface area contributed by atoms with E-state index in [-0.39, 0.29) is 24.6 Å². The minimum atomic E-state index is -5.10. The molecule has 2 heterocycles. The Morgan fingerprint density at radius 1 is 1.12 bits per heavy atom. The number of benzene rings is 1. The number of hydrogen-bond donors (Lipinski definition) is 1. The van der Waals surface area contributed by atoms with Gasteiger partial charge in [0, 0.05) is 18.9 Å². The number of rotatable bonds is 3. The fraction of sp³-hybridized carbons (Fsp3) is 0.562. The van der Waals surface area contributed by atoms with Gasteiger partial charge in [-0.1, -0.05) is 0 Å². The van der Waals surface area contributed by atoms with Crippen molar-refractivity contribution in [2.45, 2.75) is 55.9 Å². The number of piperidine rings is 1. The van der Waals surface area contributed by atoms with Crippen molar-refractivity contribution >= 4 is 5.97 Å². The predicted octanol–water partition coefficient (Wildman–Crippen LogP) is 3.80. The van der Waals surface area contributed by atoms with Crippen LogP contribution in [0.3, 0.4) is 0 Å². The number of alkyl halides is 6. The summed E-state index contributed by atoms with van der Waals surface area (Å²) in [5.74, 6) is -2.11. The molecule has 0 spiro atoms. The van der Waals surface area contributed by atoms with Crippen LogP contribution in [0, 0.1) is 0 Å². The molecular formula is C16H15F6NO3. The molecule has 0 saturated carbocycles. The first-order valence-corrected chi connectivity index (χ1v) is 7.89. The number of carbonyl (C=O) groups excluding carboxylic acids is 1. The Kier molecular flexibility index (Phi) is 4.58. The Balaban J connectivity index is 1.68. The van der Waals surface area contributed by atoms with Crippen molar-refractivity contribution in [3.63, 3.8) is 0 Å². The molecule has 1 N–H and O–H groups in total. The van der Waals surface area contributed by atoms with E-state index in [4.69, 9.17) is 4.74 Å². The smallest absolute Gasteiger partial charge is 0.490 e. The van der Waals surface area contributed by atoms with Gasteiger partial charge in [-0.25, -0.2) is 4.79 Å². The standard InChI is InChI=1S/C16H15F6NO3/c17-15(18,19)9-1-3-11(4-2-9)25-12-7-10-5-6-14(8-12,23-10)26-13(24)16(20,21)22/h1-4,10,12,23H,5-8H2. The number of fused-ring (bicyclic) bond motifs is 2. The Labute approximate surface area is 144 Å². The first kappa shape index (κ1) is 18.8. The average Bonchev–Trinajstić information content (AvgIpc) is 2.80. The van der Waals surface area contributed by atoms with Gasteiger partial charge < -0.3 is 9.47 Å². The van der Waals surface area contributed by atoms with Crippen LogP contribution in [-0.4, -0.2) is 30.0 Å². The van der Waals surface area contributed by atoms with Gasteiger partial charge >= 0.3 is 18.3 Å². The van der Waals surface area contributed by atoms with Crippen molar-refractivity contribution in [2.24, 2.45) is 0 Å². The molecule has 2 aliphatic rings. The number of halogens is 6. The van der Waals surface area contributed by atoms with Gasteiger partial charge in [-0.2, -0.15) is 26.3 Å². The summed E-state index contributed by atoms with van der Waals surface area (Å²) in [5.41, 5.74) is -2.29. The van der Waals surface area contributed by atoms with Crippen molar-refractivity contribution in [3.05, 3.63) is 29.8 Å². The average molecular weight is 383 g/mol. The van der Waals surface area contributed by atoms with Crippen LogP contribution in [0.1, 0.15) is 31.2 Å². The number of ether oxygens (including phenoxy) is 2. The summed E-state index contributed by atoms with van der Waals surface area (Å²) in [4.78, 5) is 11.2. The van der Waals surface area contributed by atoms with Crippen LogP contribution < -0.4 is 10.1 Å². The van der Waals surface area contributed by atoms with Crippen molar-refractivity contribution in [1.29, 1.82) is 0 Å². The first-order valence-electron chi connectivity index (χ1n) is 7.89. The second-order valence-electron chi connectivity index (χ2n) is 6.46. The summed E-state index contributed by atoms with van der Waals surface area (Å²) in [6, 6.07) is 3.85. The van der Waals surface area contributed by atoms with Crippen LogP contribution in [0.2, 0.25) is 0 Å². The maximum atomic E-state index is 12.6. The van der Waals surface area contributed by atoms with E-state index >= 15 is 0 Å². The van der Waals surface area contributed by atoms with E-state index in [1.54, 1.807) is 0 Å². The van der Waals surface area contributed by atoms with Crippen LogP contribution in [0.5, 0.6) is 5.75 Å². The molecule has 26 heavy (non-hydrogen) atoms. The quantitative estimate of drug-likeness (QED) is 0.637. The Morgan fingerprint density at radius 2 is 1.77 bits per heavy atom. The molecule has 2 saturated heterocycles. The second-order valence-corrected chi connectivity index (χ2v) is 6.46. The largest absolute Gasteiger partial charge is 0.490 e. The molecule has 2 fully saturated rings. The molecule has 1 aromatic carbocycles. The van der Waals surface area contributed by atoms with Crippen molar-refractivity contribution < 1.29 is 40.6 Å². The zero-order valence-electron chi connectivity index (χ0n) is 13.3. The van der Waals surface area contributed by atoms with Gasteiger partial charge in [0.05, 0.1) is 5.56 Å². The highest BCUT2D eigenvalue weighted by Gasteiger charge is 2.53. The minimum Gasteiger partial charge on any atom is -0.490 e. The third-order valence-electron chi connectivity index (χ3n) is 4.47. The number of esters is 1. The third kappa shape index (κ3) is 4.05. The molecule has 10 heteroatoms. The normalized spacial score (nSPS) is 28.7. The zero-order valence-corrected chi connectivity index (χ0v) is 13.3. The molecule has 0 aromatic heterocycles. The lowest BCUT2D eigenvalue weighted by Crippen LogP contribution is -2.56. The lowest BCUT2D eigenvalue weighted by molar-refractivity contribution is -0.219. The molecule has 0 radical (unpaired) electrons. The van der Waals surface area contributed by atoms with Gasteiger partial charge in [-0.15, -0.1) is 0 Å². The molecule has 144 valence electrons. The number of carbonyl (C=O) groups is 1. The van der Waals surface area contributed by atoms with Crippen LogP contribution in [0.4, 0.5) is 26.3 Å². The maximum absolute atomic E-state index is 12.6. The summed E-state index contributed by atoms with van der Waals surface area (Å²) in [5, 5.41) is 2.88. The van der Waals surface area contributed by atoms with Crippen LogP contribution in [0.15, 0.2) is 24.3 Å². The molecule has 2 aliphatic heterocycles. The molecule has 0 aliphatic carbocycles. The lowest BCUT2D eigenvalue weighted by Gasteiger charge is -2.38. The summed E-state index contributed by atoms with van der Waals surface area (Å²) in [7, 11) is 0. The SMILES string of the molecule is O=C(OC12CCC(CC(Oc3ccc(C(F)(F)F)cc3)C1)N2)C(F)(F)F. The van der Waals surface area contributed by atoms with Gasteiger partial charge in [-0.3, -0.25) is 5.32 Å². The maximum Gasteiger partial charge on any atom is 0.490 e. The second kappa shape index (κ2) is 6.33. The summed E-state index contributed by atoms with van der Waals surface area (Å²) in [6.07, 6.45) is -9.00. The summed E-state index contributed by atoms with van der Waals surface area (Å²) < 4.78 is 85.4. The molecule has 2 bridgehead atoms. The Hall–Kier alpha value is -1.97. The van der Waals surface area contributed by atoms with Crippen LogP contribution in [-0.2, 0) is 15.7 Å². The van der Waals surface area contributed by atoms with E-state index < -0.39 is 35.7 Å². The monoisotopic (exact) mass is 383 g/mol. The molecule has 4 nitrogen and oxygen atoms in total. The predicted molar refractivity (Wildman–Crippen MR) is 76.1 cm³/mol. The van der Waals surface area contributed by atoms with E-state index in [1.807, 2.05) is 0 Å². The lowest BCUT2D eigenvalue weighted by atomic mass is 9.99. The molecular weight excluding hydrogens is 368 g/mol. The molecule has 1 aromatic rings. The first-order chi connectivity index (χ1) is 12.0. The van der Waals surface area contributed by atoms with E-state index in [0.29, 0.717) is 12.8 Å².